The van der Waals surface area contributed by atoms with E-state index in [1.807, 2.05) is 18.2 Å². The lowest BCUT2D eigenvalue weighted by molar-refractivity contribution is 0.271. The van der Waals surface area contributed by atoms with Crippen molar-refractivity contribution in [1.29, 1.82) is 0 Å². The molecule has 0 aromatic heterocycles. The van der Waals surface area contributed by atoms with E-state index in [1.54, 1.807) is 21.3 Å². The fourth-order valence-electron chi connectivity index (χ4n) is 2.87. The van der Waals surface area contributed by atoms with Crippen LogP contribution in [-0.4, -0.2) is 58.3 Å². The van der Waals surface area contributed by atoms with E-state index in [-0.39, 0.29) is 24.0 Å². The van der Waals surface area contributed by atoms with E-state index in [0.29, 0.717) is 6.54 Å². The van der Waals surface area contributed by atoms with Gasteiger partial charge in [0.15, 0.2) is 5.96 Å². The molecule has 0 bridgehead atoms. The van der Waals surface area contributed by atoms with Gasteiger partial charge in [-0.05, 0) is 51.0 Å². The molecule has 0 aliphatic carbocycles. The number of rotatable bonds is 12. The first kappa shape index (κ1) is 25.8. The molecule has 156 valence electrons. The fraction of sp³-hybridized carbons (Fsp3) is 0.650. The van der Waals surface area contributed by atoms with E-state index >= 15 is 0 Å². The van der Waals surface area contributed by atoms with Crippen molar-refractivity contribution in [3.8, 4) is 11.5 Å². The lowest BCUT2D eigenvalue weighted by atomic mass is 10.2. The maximum absolute atomic E-state index is 5.44. The van der Waals surface area contributed by atoms with Crippen molar-refractivity contribution in [3.63, 3.8) is 0 Å². The summed E-state index contributed by atoms with van der Waals surface area (Å²) in [5.74, 6) is 2.40. The highest BCUT2D eigenvalue weighted by molar-refractivity contribution is 14.0. The van der Waals surface area contributed by atoms with E-state index in [9.17, 15) is 0 Å². The monoisotopic (exact) mass is 492 g/mol. The Hall–Kier alpha value is -1.22. The van der Waals surface area contributed by atoms with Crippen molar-refractivity contribution < 1.29 is 9.47 Å². The van der Waals surface area contributed by atoms with Crippen molar-refractivity contribution in [2.75, 3.05) is 47.4 Å². The number of nitrogens with zero attached hydrogens (tertiary/aromatic N) is 2. The summed E-state index contributed by atoms with van der Waals surface area (Å²) in [6.07, 6.45) is 3.52. The number of hydrogen-bond acceptors (Lipinski definition) is 4. The van der Waals surface area contributed by atoms with Crippen LogP contribution in [0.25, 0.3) is 0 Å². The summed E-state index contributed by atoms with van der Waals surface area (Å²) in [6.45, 7) is 9.50. The zero-order valence-corrected chi connectivity index (χ0v) is 19.8. The van der Waals surface area contributed by atoms with Gasteiger partial charge in [-0.15, -0.1) is 24.0 Å². The Morgan fingerprint density at radius 1 is 1.04 bits per heavy atom. The largest absolute Gasteiger partial charge is 0.497 e. The minimum absolute atomic E-state index is 0. The molecular formula is C20H37IN4O2. The number of ether oxygens (including phenoxy) is 2. The average Bonchev–Trinajstić information content (AvgIpc) is 2.67. The molecule has 1 aromatic rings. The minimum Gasteiger partial charge on any atom is -0.497 e. The van der Waals surface area contributed by atoms with Crippen molar-refractivity contribution >= 4 is 29.9 Å². The Bertz CT molecular complexity index is 535. The molecule has 0 amide bonds. The van der Waals surface area contributed by atoms with Gasteiger partial charge >= 0.3 is 0 Å². The quantitative estimate of drug-likeness (QED) is 0.203. The zero-order chi connectivity index (χ0) is 19.2. The molecule has 0 aliphatic heterocycles. The second-order valence-electron chi connectivity index (χ2n) is 6.23. The van der Waals surface area contributed by atoms with Crippen LogP contribution in [0.1, 0.15) is 38.7 Å². The number of aliphatic imine (C=N–C) groups is 1. The summed E-state index contributed by atoms with van der Waals surface area (Å²) in [6, 6.07) is 5.83. The number of nitrogens with one attached hydrogen (secondary N) is 2. The molecule has 1 rings (SSSR count). The van der Waals surface area contributed by atoms with Crippen molar-refractivity contribution in [1.82, 2.24) is 15.5 Å². The normalized spacial score (nSPS) is 11.1. The molecule has 0 radical (unpaired) electrons. The maximum Gasteiger partial charge on any atom is 0.191 e. The van der Waals surface area contributed by atoms with Crippen LogP contribution in [0.15, 0.2) is 23.2 Å². The Balaban J connectivity index is 0.00000676. The van der Waals surface area contributed by atoms with Crippen LogP contribution in [0.4, 0.5) is 0 Å². The van der Waals surface area contributed by atoms with Gasteiger partial charge in [0, 0.05) is 31.8 Å². The van der Waals surface area contributed by atoms with Crippen molar-refractivity contribution in [3.05, 3.63) is 23.8 Å². The fourth-order valence-corrected chi connectivity index (χ4v) is 2.87. The van der Waals surface area contributed by atoms with Crippen LogP contribution in [0, 0.1) is 0 Å². The van der Waals surface area contributed by atoms with Crippen LogP contribution >= 0.6 is 24.0 Å². The second-order valence-corrected chi connectivity index (χ2v) is 6.23. The van der Waals surface area contributed by atoms with Crippen LogP contribution in [0.3, 0.4) is 0 Å². The molecule has 0 heterocycles. The molecule has 0 unspecified atom stereocenters. The SMILES string of the molecule is CCCN(CCC)CCCNC(=NC)NCc1ccc(OC)cc1OC.I. The summed E-state index contributed by atoms with van der Waals surface area (Å²) in [7, 11) is 5.12. The number of halogens is 1. The predicted octanol–water partition coefficient (Wildman–Crippen LogP) is 3.50. The Morgan fingerprint density at radius 3 is 2.30 bits per heavy atom. The Labute approximate surface area is 182 Å². The second kappa shape index (κ2) is 15.8. The summed E-state index contributed by atoms with van der Waals surface area (Å²) in [5, 5.41) is 6.73. The van der Waals surface area contributed by atoms with Crippen LogP contribution in [-0.2, 0) is 6.54 Å². The Kier molecular flexibility index (Phi) is 15.1. The third kappa shape index (κ3) is 10.0. The van der Waals surface area contributed by atoms with Crippen LogP contribution in [0.2, 0.25) is 0 Å². The van der Waals surface area contributed by atoms with Crippen molar-refractivity contribution in [2.24, 2.45) is 4.99 Å². The first-order chi connectivity index (χ1) is 12.7. The van der Waals surface area contributed by atoms with Gasteiger partial charge in [-0.2, -0.15) is 0 Å². The third-order valence-corrected chi connectivity index (χ3v) is 4.19. The van der Waals surface area contributed by atoms with Crippen LogP contribution < -0.4 is 20.1 Å². The predicted molar refractivity (Wildman–Crippen MR) is 125 cm³/mol. The smallest absolute Gasteiger partial charge is 0.191 e. The zero-order valence-electron chi connectivity index (χ0n) is 17.5. The summed E-state index contributed by atoms with van der Waals surface area (Å²) < 4.78 is 10.7. The van der Waals surface area contributed by atoms with Gasteiger partial charge in [-0.1, -0.05) is 13.8 Å². The lowest BCUT2D eigenvalue weighted by Gasteiger charge is -2.21. The highest BCUT2D eigenvalue weighted by Gasteiger charge is 2.07. The molecule has 27 heavy (non-hydrogen) atoms. The molecular weight excluding hydrogens is 455 g/mol. The number of hydrogen-bond donors (Lipinski definition) is 2. The summed E-state index contributed by atoms with van der Waals surface area (Å²) in [4.78, 5) is 6.82. The maximum atomic E-state index is 5.44. The molecule has 1 aromatic carbocycles. The molecule has 2 N–H and O–H groups in total. The molecule has 6 nitrogen and oxygen atoms in total. The molecule has 0 atom stereocenters. The first-order valence-electron chi connectivity index (χ1n) is 9.56. The van der Waals surface area contributed by atoms with Gasteiger partial charge in [0.1, 0.15) is 11.5 Å². The highest BCUT2D eigenvalue weighted by Crippen LogP contribution is 2.24. The number of benzene rings is 1. The third-order valence-electron chi connectivity index (χ3n) is 4.19. The highest BCUT2D eigenvalue weighted by atomic mass is 127. The van der Waals surface area contributed by atoms with Crippen LogP contribution in [0.5, 0.6) is 11.5 Å². The van der Waals surface area contributed by atoms with E-state index in [0.717, 1.165) is 42.5 Å². The van der Waals surface area contributed by atoms with Gasteiger partial charge in [-0.25, -0.2) is 0 Å². The molecule has 0 spiro atoms. The Morgan fingerprint density at radius 2 is 1.74 bits per heavy atom. The molecule has 0 fully saturated rings. The van der Waals surface area contributed by atoms with E-state index in [2.05, 4.69) is 34.4 Å². The number of methoxy groups -OCH3 is 2. The van der Waals surface area contributed by atoms with E-state index in [1.165, 1.54) is 25.9 Å². The molecule has 0 saturated carbocycles. The first-order valence-corrected chi connectivity index (χ1v) is 9.56. The summed E-state index contributed by atoms with van der Waals surface area (Å²) >= 11 is 0. The van der Waals surface area contributed by atoms with E-state index in [4.69, 9.17) is 9.47 Å². The molecule has 0 aliphatic rings. The van der Waals surface area contributed by atoms with Gasteiger partial charge in [0.25, 0.3) is 0 Å². The summed E-state index contributed by atoms with van der Waals surface area (Å²) in [5.41, 5.74) is 1.06. The van der Waals surface area contributed by atoms with Crippen molar-refractivity contribution in [2.45, 2.75) is 39.7 Å². The molecule has 7 heteroatoms. The lowest BCUT2D eigenvalue weighted by Crippen LogP contribution is -2.38. The van der Waals surface area contributed by atoms with E-state index < -0.39 is 0 Å². The topological polar surface area (TPSA) is 58.1 Å². The standard InChI is InChI=1S/C20H36N4O2.HI/c1-6-12-24(13-7-2)14-8-11-22-20(21-3)23-16-17-9-10-18(25-4)15-19(17)26-5;/h9-10,15H,6-8,11-14,16H2,1-5H3,(H2,21,22,23);1H. The number of guanidine groups is 1. The minimum atomic E-state index is 0. The molecule has 0 saturated heterocycles. The van der Waals surface area contributed by atoms with Gasteiger partial charge in [0.05, 0.1) is 14.2 Å². The van der Waals surface area contributed by atoms with Gasteiger partial charge < -0.3 is 25.0 Å². The van der Waals surface area contributed by atoms with Gasteiger partial charge in [0.2, 0.25) is 0 Å². The average molecular weight is 492 g/mol. The van der Waals surface area contributed by atoms with Gasteiger partial charge in [-0.3, -0.25) is 4.99 Å².